The maximum Gasteiger partial charge on any atom is 0.171 e. The smallest absolute Gasteiger partial charge is 0.171 e. The molecule has 1 fully saturated rings. The van der Waals surface area contributed by atoms with Crippen molar-refractivity contribution in [1.29, 1.82) is 0 Å². The average molecular weight is 251 g/mol. The lowest BCUT2D eigenvalue weighted by molar-refractivity contribution is 0.0954. The van der Waals surface area contributed by atoms with Gasteiger partial charge in [0.1, 0.15) is 0 Å². The Morgan fingerprint density at radius 3 is 3.28 bits per heavy atom. The molecule has 0 bridgehead atoms. The molecule has 2 rings (SSSR count). The minimum Gasteiger partial charge on any atom is -0.490 e. The molecule has 1 aliphatic heterocycles. The normalized spacial score (nSPS) is 19.9. The molecule has 1 aromatic heterocycles. The molecule has 0 spiro atoms. The van der Waals surface area contributed by atoms with E-state index >= 15 is 0 Å². The maximum atomic E-state index is 5.79. The molecule has 5 nitrogen and oxygen atoms in total. The van der Waals surface area contributed by atoms with Crippen molar-refractivity contribution < 1.29 is 9.47 Å². The Morgan fingerprint density at radius 1 is 1.61 bits per heavy atom. The minimum absolute atomic E-state index is 0.178. The second-order valence-electron chi connectivity index (χ2n) is 4.33. The summed E-state index contributed by atoms with van der Waals surface area (Å²) in [6.45, 7) is 5.52. The lowest BCUT2D eigenvalue weighted by Gasteiger charge is -2.36. The number of pyridine rings is 1. The van der Waals surface area contributed by atoms with Gasteiger partial charge in [-0.3, -0.25) is 0 Å². The summed E-state index contributed by atoms with van der Waals surface area (Å²) in [7, 11) is 0. The highest BCUT2D eigenvalue weighted by molar-refractivity contribution is 5.53. The molecule has 0 amide bonds. The van der Waals surface area contributed by atoms with Crippen molar-refractivity contribution in [2.45, 2.75) is 19.4 Å². The Balaban J connectivity index is 2.19. The molecule has 1 atom stereocenters. The summed E-state index contributed by atoms with van der Waals surface area (Å²) < 4.78 is 11.2. The van der Waals surface area contributed by atoms with Crippen LogP contribution in [0.3, 0.4) is 0 Å². The van der Waals surface area contributed by atoms with Crippen molar-refractivity contribution in [3.63, 3.8) is 0 Å². The van der Waals surface area contributed by atoms with Crippen LogP contribution in [0.1, 0.15) is 13.3 Å². The zero-order valence-electron chi connectivity index (χ0n) is 10.8. The van der Waals surface area contributed by atoms with E-state index in [2.05, 4.69) is 16.8 Å². The lowest BCUT2D eigenvalue weighted by Crippen LogP contribution is -2.50. The van der Waals surface area contributed by atoms with Crippen LogP contribution in [0.5, 0.6) is 5.75 Å². The van der Waals surface area contributed by atoms with Crippen molar-refractivity contribution in [2.24, 2.45) is 5.73 Å². The first kappa shape index (κ1) is 13.1. The molecule has 0 aliphatic carbocycles. The molecule has 0 radical (unpaired) electrons. The number of hydrogen-bond acceptors (Lipinski definition) is 5. The van der Waals surface area contributed by atoms with Gasteiger partial charge in [-0.2, -0.15) is 0 Å². The van der Waals surface area contributed by atoms with Crippen LogP contribution in [0.15, 0.2) is 18.3 Å². The highest BCUT2D eigenvalue weighted by atomic mass is 16.5. The Labute approximate surface area is 108 Å². The van der Waals surface area contributed by atoms with E-state index in [0.717, 1.165) is 24.5 Å². The standard InChI is InChI=1S/C13H21N3O2/c1-2-7-18-12-4-3-5-15-13(12)16-6-8-17-10-11(16)9-14/h3-5,11H,2,6-10,14H2,1H3. The van der Waals surface area contributed by atoms with Crippen molar-refractivity contribution in [3.8, 4) is 5.75 Å². The summed E-state index contributed by atoms with van der Waals surface area (Å²) in [6, 6.07) is 4.03. The molecule has 2 N–H and O–H groups in total. The number of aromatic nitrogens is 1. The number of rotatable bonds is 5. The van der Waals surface area contributed by atoms with Crippen LogP contribution in [-0.4, -0.2) is 43.9 Å². The number of nitrogens with zero attached hydrogens (tertiary/aromatic N) is 2. The van der Waals surface area contributed by atoms with Gasteiger partial charge in [-0.15, -0.1) is 0 Å². The minimum atomic E-state index is 0.178. The van der Waals surface area contributed by atoms with Crippen LogP contribution in [-0.2, 0) is 4.74 Å². The molecule has 5 heteroatoms. The average Bonchev–Trinajstić information content (AvgIpc) is 2.45. The van der Waals surface area contributed by atoms with E-state index in [1.54, 1.807) is 6.20 Å². The molecule has 0 saturated carbocycles. The SMILES string of the molecule is CCCOc1cccnc1N1CCOCC1CN. The number of ether oxygens (including phenoxy) is 2. The molecular formula is C13H21N3O2. The Bertz CT molecular complexity index is 373. The fourth-order valence-corrected chi connectivity index (χ4v) is 2.05. The third kappa shape index (κ3) is 2.91. The fourth-order valence-electron chi connectivity index (χ4n) is 2.05. The van der Waals surface area contributed by atoms with Gasteiger partial charge in [0.25, 0.3) is 0 Å². The van der Waals surface area contributed by atoms with Gasteiger partial charge in [-0.1, -0.05) is 6.92 Å². The summed E-state index contributed by atoms with van der Waals surface area (Å²) in [6.07, 6.45) is 2.77. The monoisotopic (exact) mass is 251 g/mol. The number of morpholine rings is 1. The van der Waals surface area contributed by atoms with Crippen LogP contribution in [0, 0.1) is 0 Å². The molecule has 18 heavy (non-hydrogen) atoms. The zero-order chi connectivity index (χ0) is 12.8. The summed E-state index contributed by atoms with van der Waals surface area (Å²) in [5.41, 5.74) is 5.79. The summed E-state index contributed by atoms with van der Waals surface area (Å²) in [4.78, 5) is 6.63. The Kier molecular flexibility index (Phi) is 4.78. The third-order valence-electron chi connectivity index (χ3n) is 2.98. The van der Waals surface area contributed by atoms with Gasteiger partial charge in [-0.25, -0.2) is 4.98 Å². The Morgan fingerprint density at radius 2 is 2.50 bits per heavy atom. The predicted octanol–water partition coefficient (Wildman–Crippen LogP) is 1.03. The lowest BCUT2D eigenvalue weighted by atomic mass is 10.2. The quantitative estimate of drug-likeness (QED) is 0.847. The van der Waals surface area contributed by atoms with E-state index in [1.165, 1.54) is 0 Å². The van der Waals surface area contributed by atoms with Crippen LogP contribution in [0.2, 0.25) is 0 Å². The Hall–Kier alpha value is -1.33. The zero-order valence-corrected chi connectivity index (χ0v) is 10.8. The van der Waals surface area contributed by atoms with Crippen LogP contribution in [0.25, 0.3) is 0 Å². The van der Waals surface area contributed by atoms with Gasteiger partial charge >= 0.3 is 0 Å². The molecular weight excluding hydrogens is 230 g/mol. The van der Waals surface area contributed by atoms with E-state index in [9.17, 15) is 0 Å². The first-order chi connectivity index (χ1) is 8.86. The second kappa shape index (κ2) is 6.56. The van der Waals surface area contributed by atoms with Crippen molar-refractivity contribution in [2.75, 3.05) is 37.8 Å². The molecule has 1 aromatic rings. The van der Waals surface area contributed by atoms with Gasteiger partial charge in [0, 0.05) is 19.3 Å². The van der Waals surface area contributed by atoms with Gasteiger partial charge in [0.15, 0.2) is 11.6 Å². The number of hydrogen-bond donors (Lipinski definition) is 1. The predicted molar refractivity (Wildman–Crippen MR) is 71.0 cm³/mol. The summed E-state index contributed by atoms with van der Waals surface area (Å²) >= 11 is 0. The first-order valence-corrected chi connectivity index (χ1v) is 6.49. The van der Waals surface area contributed by atoms with Crippen LogP contribution < -0.4 is 15.4 Å². The molecule has 0 aromatic carbocycles. The van der Waals surface area contributed by atoms with E-state index in [0.29, 0.717) is 26.4 Å². The van der Waals surface area contributed by atoms with E-state index in [-0.39, 0.29) is 6.04 Å². The highest BCUT2D eigenvalue weighted by Gasteiger charge is 2.25. The number of anilines is 1. The third-order valence-corrected chi connectivity index (χ3v) is 2.98. The molecule has 2 heterocycles. The fraction of sp³-hybridized carbons (Fsp3) is 0.615. The molecule has 1 unspecified atom stereocenters. The van der Waals surface area contributed by atoms with Gasteiger partial charge < -0.3 is 20.1 Å². The van der Waals surface area contributed by atoms with Crippen LogP contribution in [0.4, 0.5) is 5.82 Å². The topological polar surface area (TPSA) is 60.6 Å². The highest BCUT2D eigenvalue weighted by Crippen LogP contribution is 2.27. The van der Waals surface area contributed by atoms with Crippen LogP contribution >= 0.6 is 0 Å². The molecule has 100 valence electrons. The van der Waals surface area contributed by atoms with Gasteiger partial charge in [0.05, 0.1) is 25.9 Å². The van der Waals surface area contributed by atoms with Crippen molar-refractivity contribution in [1.82, 2.24) is 4.98 Å². The summed E-state index contributed by atoms with van der Waals surface area (Å²) in [5.74, 6) is 1.71. The maximum absolute atomic E-state index is 5.79. The van der Waals surface area contributed by atoms with Crippen molar-refractivity contribution in [3.05, 3.63) is 18.3 Å². The largest absolute Gasteiger partial charge is 0.490 e. The van der Waals surface area contributed by atoms with Crippen molar-refractivity contribution >= 4 is 5.82 Å². The molecule has 1 saturated heterocycles. The summed E-state index contributed by atoms with van der Waals surface area (Å²) in [5, 5.41) is 0. The second-order valence-corrected chi connectivity index (χ2v) is 4.33. The van der Waals surface area contributed by atoms with E-state index in [4.69, 9.17) is 15.2 Å². The van der Waals surface area contributed by atoms with Gasteiger partial charge in [0.2, 0.25) is 0 Å². The van der Waals surface area contributed by atoms with E-state index in [1.807, 2.05) is 12.1 Å². The van der Waals surface area contributed by atoms with Gasteiger partial charge in [-0.05, 0) is 18.6 Å². The first-order valence-electron chi connectivity index (χ1n) is 6.49. The van der Waals surface area contributed by atoms with E-state index < -0.39 is 0 Å². The molecule has 1 aliphatic rings. The number of nitrogens with two attached hydrogens (primary N) is 1.